The molecule has 0 unspecified atom stereocenters. The van der Waals surface area contributed by atoms with Crippen LogP contribution in [0.25, 0.3) is 0 Å². The first-order valence-electron chi connectivity index (χ1n) is 5.22. The van der Waals surface area contributed by atoms with Crippen LogP contribution in [-0.2, 0) is 6.54 Å². The maximum atomic E-state index is 13.0. The molecule has 0 amide bonds. The molecular formula is C13H10F3NO. The molecule has 0 aromatic heterocycles. The Balaban J connectivity index is 2.08. The number of phenolic OH excluding ortho intramolecular Hbond substituents is 1. The molecule has 2 N–H and O–H groups in total. The Hall–Kier alpha value is -2.17. The van der Waals surface area contributed by atoms with E-state index in [1.165, 1.54) is 24.3 Å². The molecule has 2 nitrogen and oxygen atoms in total. The van der Waals surface area contributed by atoms with E-state index in [1.807, 2.05) is 0 Å². The van der Waals surface area contributed by atoms with Crippen molar-refractivity contribution in [3.05, 3.63) is 59.4 Å². The Morgan fingerprint density at radius 1 is 0.944 bits per heavy atom. The summed E-state index contributed by atoms with van der Waals surface area (Å²) >= 11 is 0. The number of anilines is 1. The zero-order valence-electron chi connectivity index (χ0n) is 9.25. The van der Waals surface area contributed by atoms with E-state index in [-0.39, 0.29) is 6.54 Å². The summed E-state index contributed by atoms with van der Waals surface area (Å²) in [4.78, 5) is 0. The minimum Gasteiger partial charge on any atom is -0.505 e. The third-order valence-corrected chi connectivity index (χ3v) is 2.37. The Kier molecular flexibility index (Phi) is 3.41. The fraction of sp³-hybridized carbons (Fsp3) is 0.0769. The molecule has 2 aromatic rings. The van der Waals surface area contributed by atoms with Crippen LogP contribution in [0.2, 0.25) is 0 Å². The van der Waals surface area contributed by atoms with Crippen LogP contribution in [0.3, 0.4) is 0 Å². The molecule has 2 rings (SSSR count). The summed E-state index contributed by atoms with van der Waals surface area (Å²) in [6.07, 6.45) is 0. The number of hydrogen-bond donors (Lipinski definition) is 2. The lowest BCUT2D eigenvalue weighted by molar-refractivity contribution is 0.432. The normalized spacial score (nSPS) is 10.4. The van der Waals surface area contributed by atoms with Crippen molar-refractivity contribution < 1.29 is 18.3 Å². The zero-order valence-corrected chi connectivity index (χ0v) is 9.25. The Morgan fingerprint density at radius 2 is 1.61 bits per heavy atom. The van der Waals surface area contributed by atoms with Crippen LogP contribution in [0.1, 0.15) is 5.56 Å². The van der Waals surface area contributed by atoms with Crippen LogP contribution in [0, 0.1) is 17.5 Å². The first-order chi connectivity index (χ1) is 8.54. The van der Waals surface area contributed by atoms with Crippen LogP contribution < -0.4 is 5.32 Å². The highest BCUT2D eigenvalue weighted by Crippen LogP contribution is 2.20. The maximum absolute atomic E-state index is 13.0. The van der Waals surface area contributed by atoms with Crippen molar-refractivity contribution in [2.75, 3.05) is 5.32 Å². The first-order valence-corrected chi connectivity index (χ1v) is 5.22. The molecule has 5 heteroatoms. The van der Waals surface area contributed by atoms with Crippen molar-refractivity contribution in [3.63, 3.8) is 0 Å². The molecule has 0 aliphatic rings. The minimum atomic E-state index is -0.759. The van der Waals surface area contributed by atoms with Gasteiger partial charge in [-0.25, -0.2) is 13.2 Å². The number of benzene rings is 2. The van der Waals surface area contributed by atoms with Gasteiger partial charge in [0.05, 0.1) is 0 Å². The molecule has 0 saturated heterocycles. The van der Waals surface area contributed by atoms with Gasteiger partial charge in [0, 0.05) is 24.4 Å². The zero-order chi connectivity index (χ0) is 13.1. The van der Waals surface area contributed by atoms with E-state index in [0.29, 0.717) is 11.3 Å². The van der Waals surface area contributed by atoms with Crippen LogP contribution in [0.5, 0.6) is 5.75 Å². The third-order valence-electron chi connectivity index (χ3n) is 2.37. The van der Waals surface area contributed by atoms with Gasteiger partial charge >= 0.3 is 0 Å². The highest BCUT2D eigenvalue weighted by atomic mass is 19.1. The molecule has 18 heavy (non-hydrogen) atoms. The molecule has 0 fully saturated rings. The summed E-state index contributed by atoms with van der Waals surface area (Å²) in [6, 6.07) is 6.92. The monoisotopic (exact) mass is 253 g/mol. The van der Waals surface area contributed by atoms with Gasteiger partial charge in [0.2, 0.25) is 0 Å². The fourth-order valence-electron chi connectivity index (χ4n) is 1.53. The van der Waals surface area contributed by atoms with Crippen LogP contribution in [0.15, 0.2) is 36.4 Å². The first kappa shape index (κ1) is 12.3. The van der Waals surface area contributed by atoms with Gasteiger partial charge in [-0.2, -0.15) is 0 Å². The smallest absolute Gasteiger partial charge is 0.166 e. The highest BCUT2D eigenvalue weighted by molar-refractivity contribution is 5.47. The Labute approximate surface area is 102 Å². The van der Waals surface area contributed by atoms with Crippen molar-refractivity contribution in [3.8, 4) is 5.75 Å². The lowest BCUT2D eigenvalue weighted by Gasteiger charge is -2.07. The molecule has 0 heterocycles. The van der Waals surface area contributed by atoms with Gasteiger partial charge in [0.1, 0.15) is 11.6 Å². The highest BCUT2D eigenvalue weighted by Gasteiger charge is 2.03. The molecule has 0 atom stereocenters. The minimum absolute atomic E-state index is 0.152. The molecule has 0 bridgehead atoms. The third kappa shape index (κ3) is 2.94. The summed E-state index contributed by atoms with van der Waals surface area (Å²) < 4.78 is 38.8. The second-order valence-electron chi connectivity index (χ2n) is 3.80. The molecule has 0 spiro atoms. The van der Waals surface area contributed by atoms with Gasteiger partial charge in [-0.1, -0.05) is 0 Å². The van der Waals surface area contributed by atoms with Crippen molar-refractivity contribution in [1.82, 2.24) is 0 Å². The largest absolute Gasteiger partial charge is 0.505 e. The average Bonchev–Trinajstić information content (AvgIpc) is 2.29. The molecule has 0 radical (unpaired) electrons. The topological polar surface area (TPSA) is 32.3 Å². The maximum Gasteiger partial charge on any atom is 0.166 e. The predicted octanol–water partition coefficient (Wildman–Crippen LogP) is 3.42. The summed E-state index contributed by atoms with van der Waals surface area (Å²) in [5.41, 5.74) is 0.816. The average molecular weight is 253 g/mol. The molecule has 0 aliphatic heterocycles. The Bertz CT molecular complexity index is 552. The summed E-state index contributed by atoms with van der Waals surface area (Å²) in [6.45, 7) is 0.152. The molecular weight excluding hydrogens is 243 g/mol. The standard InChI is InChI=1S/C13H10F3NO/c14-9-3-8(4-10(15)5-9)7-17-11-1-2-13(18)12(16)6-11/h1-6,17-18H,7H2. The number of nitrogens with one attached hydrogen (secondary N) is 1. The molecule has 2 aromatic carbocycles. The SMILES string of the molecule is Oc1ccc(NCc2cc(F)cc(F)c2)cc1F. The van der Waals surface area contributed by atoms with E-state index in [2.05, 4.69) is 5.32 Å². The van der Waals surface area contributed by atoms with E-state index in [0.717, 1.165) is 12.1 Å². The number of rotatable bonds is 3. The van der Waals surface area contributed by atoms with Crippen molar-refractivity contribution in [1.29, 1.82) is 0 Å². The Morgan fingerprint density at radius 3 is 2.22 bits per heavy atom. The number of halogens is 3. The summed E-state index contributed by atoms with van der Waals surface area (Å²) in [7, 11) is 0. The van der Waals surface area contributed by atoms with E-state index in [9.17, 15) is 13.2 Å². The predicted molar refractivity (Wildman–Crippen MR) is 61.7 cm³/mol. The number of phenols is 1. The van der Waals surface area contributed by atoms with E-state index in [4.69, 9.17) is 5.11 Å². The second kappa shape index (κ2) is 5.00. The van der Waals surface area contributed by atoms with Crippen LogP contribution in [0.4, 0.5) is 18.9 Å². The number of aromatic hydroxyl groups is 1. The molecule has 94 valence electrons. The quantitative estimate of drug-likeness (QED) is 0.821. The second-order valence-corrected chi connectivity index (χ2v) is 3.80. The van der Waals surface area contributed by atoms with Gasteiger partial charge in [-0.3, -0.25) is 0 Å². The van der Waals surface area contributed by atoms with Gasteiger partial charge in [0.25, 0.3) is 0 Å². The van der Waals surface area contributed by atoms with Crippen molar-refractivity contribution >= 4 is 5.69 Å². The summed E-state index contributed by atoms with van der Waals surface area (Å²) in [5, 5.41) is 11.8. The van der Waals surface area contributed by atoms with Gasteiger partial charge < -0.3 is 10.4 Å². The van der Waals surface area contributed by atoms with Crippen molar-refractivity contribution in [2.45, 2.75) is 6.54 Å². The van der Waals surface area contributed by atoms with E-state index in [1.54, 1.807) is 0 Å². The van der Waals surface area contributed by atoms with Gasteiger partial charge in [-0.15, -0.1) is 0 Å². The van der Waals surface area contributed by atoms with Crippen LogP contribution >= 0.6 is 0 Å². The van der Waals surface area contributed by atoms with Gasteiger partial charge in [-0.05, 0) is 29.8 Å². The lowest BCUT2D eigenvalue weighted by Crippen LogP contribution is -2.00. The van der Waals surface area contributed by atoms with Crippen molar-refractivity contribution in [2.24, 2.45) is 0 Å². The fourth-order valence-corrected chi connectivity index (χ4v) is 1.53. The van der Waals surface area contributed by atoms with E-state index < -0.39 is 23.2 Å². The van der Waals surface area contributed by atoms with Gasteiger partial charge in [0.15, 0.2) is 11.6 Å². The number of hydrogen-bond acceptors (Lipinski definition) is 2. The molecule has 0 saturated carbocycles. The summed E-state index contributed by atoms with van der Waals surface area (Å²) in [5.74, 6) is -2.53. The molecule has 0 aliphatic carbocycles. The van der Waals surface area contributed by atoms with E-state index >= 15 is 0 Å². The lowest BCUT2D eigenvalue weighted by atomic mass is 10.2. The van der Waals surface area contributed by atoms with Crippen LogP contribution in [-0.4, -0.2) is 5.11 Å².